The number of nitriles is 1. The maximum Gasteiger partial charge on any atom is 0.256 e. The van der Waals surface area contributed by atoms with E-state index in [-0.39, 0.29) is 23.9 Å². The summed E-state index contributed by atoms with van der Waals surface area (Å²) < 4.78 is 13.8. The van der Waals surface area contributed by atoms with Crippen molar-refractivity contribution in [3.8, 4) is 6.07 Å². The molecule has 7 heteroatoms. The molecule has 2 aromatic rings. The van der Waals surface area contributed by atoms with Crippen molar-refractivity contribution < 1.29 is 14.0 Å². The molecule has 0 atom stereocenters. The zero-order valence-electron chi connectivity index (χ0n) is 14.7. The van der Waals surface area contributed by atoms with E-state index in [0.29, 0.717) is 37.4 Å². The number of halogens is 1. The number of anilines is 1. The average Bonchev–Trinajstić information content (AvgIpc) is 2.68. The number of hydrogen-bond acceptors (Lipinski definition) is 4. The van der Waals surface area contributed by atoms with Gasteiger partial charge >= 0.3 is 0 Å². The topological polar surface area (TPSA) is 76.4 Å². The third-order valence-corrected chi connectivity index (χ3v) is 4.41. The number of carbonyl (C=O) groups is 2. The quantitative estimate of drug-likeness (QED) is 0.899. The Labute approximate surface area is 156 Å². The molecule has 1 saturated heterocycles. The zero-order chi connectivity index (χ0) is 19.2. The van der Waals surface area contributed by atoms with Crippen LogP contribution in [-0.2, 0) is 4.79 Å². The maximum absolute atomic E-state index is 13.8. The van der Waals surface area contributed by atoms with Gasteiger partial charge in [0, 0.05) is 31.9 Å². The van der Waals surface area contributed by atoms with E-state index in [4.69, 9.17) is 5.26 Å². The number of benzene rings is 2. The van der Waals surface area contributed by atoms with E-state index >= 15 is 0 Å². The third kappa shape index (κ3) is 4.68. The van der Waals surface area contributed by atoms with Gasteiger partial charge in [0.25, 0.3) is 5.91 Å². The Morgan fingerprint density at radius 3 is 2.52 bits per heavy atom. The molecule has 27 heavy (non-hydrogen) atoms. The van der Waals surface area contributed by atoms with E-state index in [2.05, 4.69) is 5.32 Å². The van der Waals surface area contributed by atoms with Crippen molar-refractivity contribution in [2.75, 3.05) is 38.0 Å². The van der Waals surface area contributed by atoms with Gasteiger partial charge < -0.3 is 10.2 Å². The van der Waals surface area contributed by atoms with Gasteiger partial charge in [0.2, 0.25) is 5.91 Å². The fourth-order valence-electron chi connectivity index (χ4n) is 2.98. The molecule has 1 aliphatic heterocycles. The molecule has 0 bridgehead atoms. The summed E-state index contributed by atoms with van der Waals surface area (Å²) in [6.45, 7) is 2.13. The van der Waals surface area contributed by atoms with Crippen molar-refractivity contribution in [2.45, 2.75) is 0 Å². The summed E-state index contributed by atoms with van der Waals surface area (Å²) in [7, 11) is 0. The summed E-state index contributed by atoms with van der Waals surface area (Å²) in [5, 5.41) is 11.7. The fourth-order valence-corrected chi connectivity index (χ4v) is 2.98. The number of nitrogens with one attached hydrogen (secondary N) is 1. The molecule has 1 N–H and O–H groups in total. The van der Waals surface area contributed by atoms with Crippen molar-refractivity contribution in [3.05, 3.63) is 65.5 Å². The Hall–Kier alpha value is -3.24. The van der Waals surface area contributed by atoms with Crippen LogP contribution in [0.1, 0.15) is 15.9 Å². The molecule has 0 spiro atoms. The van der Waals surface area contributed by atoms with Gasteiger partial charge in [-0.05, 0) is 30.3 Å². The lowest BCUT2D eigenvalue weighted by molar-refractivity contribution is -0.117. The fraction of sp³-hybridized carbons (Fsp3) is 0.250. The van der Waals surface area contributed by atoms with Crippen molar-refractivity contribution >= 4 is 17.5 Å². The van der Waals surface area contributed by atoms with Gasteiger partial charge in [-0.15, -0.1) is 0 Å². The molecule has 0 saturated carbocycles. The lowest BCUT2D eigenvalue weighted by Gasteiger charge is -2.34. The SMILES string of the molecule is N#Cc1cccc(NC(=O)CN2CCN(C(=O)c3ccccc3F)CC2)c1. The second-order valence-corrected chi connectivity index (χ2v) is 6.29. The Morgan fingerprint density at radius 2 is 1.81 bits per heavy atom. The lowest BCUT2D eigenvalue weighted by atomic mass is 10.1. The van der Waals surface area contributed by atoms with Crippen LogP contribution in [0.3, 0.4) is 0 Å². The van der Waals surface area contributed by atoms with Crippen LogP contribution in [0.4, 0.5) is 10.1 Å². The van der Waals surface area contributed by atoms with Crippen LogP contribution >= 0.6 is 0 Å². The van der Waals surface area contributed by atoms with Crippen LogP contribution < -0.4 is 5.32 Å². The van der Waals surface area contributed by atoms with E-state index in [1.54, 1.807) is 41.3 Å². The minimum Gasteiger partial charge on any atom is -0.336 e. The summed E-state index contributed by atoms with van der Waals surface area (Å²) >= 11 is 0. The molecular formula is C20H19FN4O2. The second kappa shape index (κ2) is 8.43. The van der Waals surface area contributed by atoms with Gasteiger partial charge in [-0.1, -0.05) is 18.2 Å². The number of nitrogens with zero attached hydrogens (tertiary/aromatic N) is 3. The van der Waals surface area contributed by atoms with E-state index in [0.717, 1.165) is 0 Å². The number of carbonyl (C=O) groups excluding carboxylic acids is 2. The summed E-state index contributed by atoms with van der Waals surface area (Å²) in [6.07, 6.45) is 0. The van der Waals surface area contributed by atoms with Crippen LogP contribution in [0.5, 0.6) is 0 Å². The number of hydrogen-bond donors (Lipinski definition) is 1. The zero-order valence-corrected chi connectivity index (χ0v) is 14.7. The molecule has 3 rings (SSSR count). The lowest BCUT2D eigenvalue weighted by Crippen LogP contribution is -2.50. The predicted molar refractivity (Wildman–Crippen MR) is 98.5 cm³/mol. The number of amides is 2. The van der Waals surface area contributed by atoms with Crippen LogP contribution in [0, 0.1) is 17.1 Å². The van der Waals surface area contributed by atoms with Crippen LogP contribution in [-0.4, -0.2) is 54.3 Å². The summed E-state index contributed by atoms with van der Waals surface area (Å²) in [6, 6.07) is 14.7. The van der Waals surface area contributed by atoms with Gasteiger partial charge in [0.15, 0.2) is 0 Å². The first-order valence-electron chi connectivity index (χ1n) is 8.63. The van der Waals surface area contributed by atoms with Gasteiger partial charge in [-0.25, -0.2) is 4.39 Å². The molecule has 1 heterocycles. The smallest absolute Gasteiger partial charge is 0.256 e. The van der Waals surface area contributed by atoms with E-state index in [1.807, 2.05) is 11.0 Å². The minimum atomic E-state index is -0.524. The van der Waals surface area contributed by atoms with Crippen molar-refractivity contribution in [1.29, 1.82) is 5.26 Å². The normalized spacial score (nSPS) is 14.4. The summed E-state index contributed by atoms with van der Waals surface area (Å²) in [5.74, 6) is -1.03. The Balaban J connectivity index is 1.50. The molecule has 0 radical (unpaired) electrons. The standard InChI is InChI=1S/C20H19FN4O2/c21-18-7-2-1-6-17(18)20(27)25-10-8-24(9-11-25)14-19(26)23-16-5-3-4-15(12-16)13-22/h1-7,12H,8-11,14H2,(H,23,26). The van der Waals surface area contributed by atoms with Crippen molar-refractivity contribution in [2.24, 2.45) is 0 Å². The molecule has 1 aliphatic rings. The highest BCUT2D eigenvalue weighted by Gasteiger charge is 2.24. The monoisotopic (exact) mass is 366 g/mol. The highest BCUT2D eigenvalue weighted by Crippen LogP contribution is 2.13. The summed E-state index contributed by atoms with van der Waals surface area (Å²) in [4.78, 5) is 28.1. The first kappa shape index (κ1) is 18.5. The largest absolute Gasteiger partial charge is 0.336 e. The first-order chi connectivity index (χ1) is 13.1. The van der Waals surface area contributed by atoms with Gasteiger partial charge in [-0.2, -0.15) is 5.26 Å². The predicted octanol–water partition coefficient (Wildman–Crippen LogP) is 2.09. The number of piperazine rings is 1. The first-order valence-corrected chi connectivity index (χ1v) is 8.63. The Bertz CT molecular complexity index is 886. The minimum absolute atomic E-state index is 0.0704. The molecule has 1 fully saturated rings. The van der Waals surface area contributed by atoms with E-state index in [9.17, 15) is 14.0 Å². The highest BCUT2D eigenvalue weighted by molar-refractivity contribution is 5.94. The molecule has 2 aromatic carbocycles. The van der Waals surface area contributed by atoms with Gasteiger partial charge in [0.1, 0.15) is 5.82 Å². The molecule has 0 aromatic heterocycles. The highest BCUT2D eigenvalue weighted by atomic mass is 19.1. The van der Waals surface area contributed by atoms with Crippen LogP contribution in [0.2, 0.25) is 0 Å². The molecular weight excluding hydrogens is 347 g/mol. The van der Waals surface area contributed by atoms with E-state index in [1.165, 1.54) is 12.1 Å². The Kier molecular flexibility index (Phi) is 5.79. The maximum atomic E-state index is 13.8. The molecule has 0 unspecified atom stereocenters. The molecule has 2 amide bonds. The van der Waals surface area contributed by atoms with Crippen LogP contribution in [0.15, 0.2) is 48.5 Å². The molecule has 6 nitrogen and oxygen atoms in total. The van der Waals surface area contributed by atoms with Gasteiger partial charge in [0.05, 0.1) is 23.7 Å². The third-order valence-electron chi connectivity index (χ3n) is 4.41. The number of rotatable bonds is 4. The van der Waals surface area contributed by atoms with Crippen molar-refractivity contribution in [3.63, 3.8) is 0 Å². The average molecular weight is 366 g/mol. The molecule has 138 valence electrons. The van der Waals surface area contributed by atoms with E-state index < -0.39 is 5.82 Å². The molecule has 0 aliphatic carbocycles. The van der Waals surface area contributed by atoms with Gasteiger partial charge in [-0.3, -0.25) is 14.5 Å². The Morgan fingerprint density at radius 1 is 1.07 bits per heavy atom. The van der Waals surface area contributed by atoms with Crippen molar-refractivity contribution in [1.82, 2.24) is 9.80 Å². The van der Waals surface area contributed by atoms with Crippen LogP contribution in [0.25, 0.3) is 0 Å². The summed E-state index contributed by atoms with van der Waals surface area (Å²) in [5.41, 5.74) is 1.13. The second-order valence-electron chi connectivity index (χ2n) is 6.29.